The van der Waals surface area contributed by atoms with Crippen molar-refractivity contribution in [3.8, 4) is 11.4 Å². The number of pyridine rings is 1. The van der Waals surface area contributed by atoms with Gasteiger partial charge in [0.1, 0.15) is 29.0 Å². The summed E-state index contributed by atoms with van der Waals surface area (Å²) in [4.78, 5) is 31.2. The minimum absolute atomic E-state index is 0.0616. The maximum Gasteiger partial charge on any atom is 0.277 e. The monoisotopic (exact) mass is 518 g/mol. The van der Waals surface area contributed by atoms with Crippen molar-refractivity contribution in [1.82, 2.24) is 10.0 Å². The van der Waals surface area contributed by atoms with E-state index >= 15 is 0 Å². The van der Waals surface area contributed by atoms with E-state index in [0.29, 0.717) is 24.4 Å². The zero-order valence-electron chi connectivity index (χ0n) is 19.8. The van der Waals surface area contributed by atoms with E-state index in [2.05, 4.69) is 5.48 Å². The van der Waals surface area contributed by atoms with Gasteiger partial charge < -0.3 is 9.47 Å². The van der Waals surface area contributed by atoms with Crippen molar-refractivity contribution < 1.29 is 27.9 Å². The summed E-state index contributed by atoms with van der Waals surface area (Å²) in [5.41, 5.74) is 3.89. The number of amides is 1. The summed E-state index contributed by atoms with van der Waals surface area (Å²) in [5.74, 6) is -1.89. The minimum atomic E-state index is -0.763. The van der Waals surface area contributed by atoms with E-state index in [1.54, 1.807) is 38.1 Å². The molecule has 10 heteroatoms. The van der Waals surface area contributed by atoms with Gasteiger partial charge in [-0.15, -0.1) is 0 Å². The molecule has 1 saturated heterocycles. The molecule has 1 aliphatic rings. The Labute approximate surface area is 211 Å². The second kappa shape index (κ2) is 11.2. The molecule has 1 fully saturated rings. The molecule has 3 aromatic rings. The molecule has 1 atom stereocenters. The van der Waals surface area contributed by atoms with Gasteiger partial charge in [0.05, 0.1) is 5.69 Å². The molecule has 0 radical (unpaired) electrons. The topological polar surface area (TPSA) is 78.8 Å². The van der Waals surface area contributed by atoms with E-state index in [9.17, 15) is 18.4 Å². The molecule has 0 saturated carbocycles. The Morgan fingerprint density at radius 1 is 1.17 bits per heavy atom. The average molecular weight is 519 g/mol. The van der Waals surface area contributed by atoms with Crippen molar-refractivity contribution in [2.45, 2.75) is 46.0 Å². The van der Waals surface area contributed by atoms with Crippen molar-refractivity contribution in [2.24, 2.45) is 0 Å². The first-order valence-electron chi connectivity index (χ1n) is 11.4. The third kappa shape index (κ3) is 5.75. The third-order valence-electron chi connectivity index (χ3n) is 5.83. The highest BCUT2D eigenvalue weighted by Crippen LogP contribution is 2.26. The Hall–Kier alpha value is -3.27. The molecule has 2 heterocycles. The summed E-state index contributed by atoms with van der Waals surface area (Å²) in [6.07, 6.45) is 2.11. The van der Waals surface area contributed by atoms with Gasteiger partial charge >= 0.3 is 0 Å². The van der Waals surface area contributed by atoms with Crippen LogP contribution in [0.4, 0.5) is 8.78 Å². The number of carbonyl (C=O) groups excluding carboxylic acids is 1. The van der Waals surface area contributed by atoms with Gasteiger partial charge in [0, 0.05) is 42.0 Å². The number of aryl methyl sites for hydroxylation is 2. The lowest BCUT2D eigenvalue weighted by atomic mass is 10.1. The molecule has 4 rings (SSSR count). The minimum Gasteiger partial charge on any atom is -0.487 e. The number of halogens is 3. The van der Waals surface area contributed by atoms with Crippen LogP contribution in [0.3, 0.4) is 0 Å². The van der Waals surface area contributed by atoms with Crippen LogP contribution < -0.4 is 15.8 Å². The van der Waals surface area contributed by atoms with Gasteiger partial charge in [0.15, 0.2) is 6.29 Å². The van der Waals surface area contributed by atoms with Gasteiger partial charge in [0.2, 0.25) is 0 Å². The molecule has 7 nitrogen and oxygen atoms in total. The fourth-order valence-corrected chi connectivity index (χ4v) is 4.05. The number of nitrogens with one attached hydrogen (secondary N) is 1. The van der Waals surface area contributed by atoms with E-state index in [4.69, 9.17) is 25.9 Å². The highest BCUT2D eigenvalue weighted by atomic mass is 35.5. The summed E-state index contributed by atoms with van der Waals surface area (Å²) in [6.45, 7) is 3.81. The number of hydroxylamine groups is 1. The number of benzene rings is 2. The van der Waals surface area contributed by atoms with Crippen molar-refractivity contribution in [1.29, 1.82) is 0 Å². The SMILES string of the molecule is Cc1ccc(C(=O)NOC2CCCCO2)cc1-n1c(C)cc(OCc2ccc(F)cc2F)c(Cl)c1=O. The molecular formula is C26H25ClF2N2O5. The fourth-order valence-electron chi connectivity index (χ4n) is 3.85. The molecular weight excluding hydrogens is 494 g/mol. The predicted molar refractivity (Wildman–Crippen MR) is 129 cm³/mol. The molecule has 0 spiro atoms. The molecule has 2 aromatic carbocycles. The molecule has 1 amide bonds. The number of ether oxygens (including phenoxy) is 2. The smallest absolute Gasteiger partial charge is 0.277 e. The Bertz CT molecular complexity index is 1340. The summed E-state index contributed by atoms with van der Waals surface area (Å²) in [7, 11) is 0. The second-order valence-corrected chi connectivity index (χ2v) is 8.85. The van der Waals surface area contributed by atoms with E-state index in [1.165, 1.54) is 10.6 Å². The third-order valence-corrected chi connectivity index (χ3v) is 6.18. The summed E-state index contributed by atoms with van der Waals surface area (Å²) in [5, 5.41) is -0.213. The number of aromatic nitrogens is 1. The number of hydrogen-bond acceptors (Lipinski definition) is 5. The molecule has 1 N–H and O–H groups in total. The predicted octanol–water partition coefficient (Wildman–Crippen LogP) is 5.15. The van der Waals surface area contributed by atoms with Gasteiger partial charge in [-0.2, -0.15) is 0 Å². The zero-order valence-corrected chi connectivity index (χ0v) is 20.5. The van der Waals surface area contributed by atoms with Crippen LogP contribution in [0.1, 0.15) is 46.4 Å². The van der Waals surface area contributed by atoms with Gasteiger partial charge in [-0.05, 0) is 56.5 Å². The standard InChI is InChI=1S/C26H25ClF2N2O5/c1-15-6-7-17(25(32)30-36-23-5-3-4-10-34-23)12-21(15)31-16(2)11-22(24(27)26(31)33)35-14-18-8-9-19(28)13-20(18)29/h6-9,11-13,23H,3-5,10,14H2,1-2H3,(H,30,32). The second-order valence-electron chi connectivity index (χ2n) is 8.48. The highest BCUT2D eigenvalue weighted by molar-refractivity contribution is 6.31. The average Bonchev–Trinajstić information content (AvgIpc) is 2.86. The lowest BCUT2D eigenvalue weighted by molar-refractivity contribution is -0.186. The number of nitrogens with zero attached hydrogens (tertiary/aromatic N) is 1. The number of rotatable bonds is 7. The van der Waals surface area contributed by atoms with E-state index in [-0.39, 0.29) is 28.5 Å². The first-order chi connectivity index (χ1) is 17.2. The molecule has 1 aliphatic heterocycles. The van der Waals surface area contributed by atoms with E-state index < -0.39 is 29.4 Å². The van der Waals surface area contributed by atoms with Crippen LogP contribution in [0, 0.1) is 25.5 Å². The lowest BCUT2D eigenvalue weighted by Crippen LogP contribution is -2.33. The Kier molecular flexibility index (Phi) is 8.03. The molecule has 1 aromatic heterocycles. The van der Waals surface area contributed by atoms with Gasteiger partial charge in [-0.3, -0.25) is 14.2 Å². The Balaban J connectivity index is 1.56. The highest BCUT2D eigenvalue weighted by Gasteiger charge is 2.19. The van der Waals surface area contributed by atoms with Crippen LogP contribution in [-0.2, 0) is 16.2 Å². The van der Waals surface area contributed by atoms with Crippen LogP contribution >= 0.6 is 11.6 Å². The molecule has 0 bridgehead atoms. The van der Waals surface area contributed by atoms with E-state index in [0.717, 1.165) is 30.5 Å². The van der Waals surface area contributed by atoms with Crippen molar-refractivity contribution in [2.75, 3.05) is 6.61 Å². The molecule has 190 valence electrons. The Morgan fingerprint density at radius 2 is 1.97 bits per heavy atom. The van der Waals surface area contributed by atoms with Crippen LogP contribution in [0.2, 0.25) is 5.02 Å². The normalized spacial score (nSPS) is 15.5. The summed E-state index contributed by atoms with van der Waals surface area (Å²) >= 11 is 6.32. The molecule has 0 aliphatic carbocycles. The summed E-state index contributed by atoms with van der Waals surface area (Å²) < 4.78 is 39.5. The first kappa shape index (κ1) is 25.8. The first-order valence-corrected chi connectivity index (χ1v) is 11.8. The lowest BCUT2D eigenvalue weighted by Gasteiger charge is -2.22. The summed E-state index contributed by atoms with van der Waals surface area (Å²) in [6, 6.07) is 9.57. The largest absolute Gasteiger partial charge is 0.487 e. The van der Waals surface area contributed by atoms with Crippen molar-refractivity contribution >= 4 is 17.5 Å². The maximum absolute atomic E-state index is 13.9. The number of hydrogen-bond donors (Lipinski definition) is 1. The van der Waals surface area contributed by atoms with Crippen LogP contribution in [0.25, 0.3) is 5.69 Å². The quantitative estimate of drug-likeness (QED) is 0.437. The molecule has 36 heavy (non-hydrogen) atoms. The van der Waals surface area contributed by atoms with E-state index in [1.807, 2.05) is 0 Å². The van der Waals surface area contributed by atoms with Crippen LogP contribution in [0.5, 0.6) is 5.75 Å². The van der Waals surface area contributed by atoms with Gasteiger partial charge in [-0.25, -0.2) is 19.1 Å². The van der Waals surface area contributed by atoms with Crippen molar-refractivity contribution in [3.63, 3.8) is 0 Å². The van der Waals surface area contributed by atoms with Crippen molar-refractivity contribution in [3.05, 3.63) is 91.9 Å². The maximum atomic E-state index is 13.9. The Morgan fingerprint density at radius 3 is 2.69 bits per heavy atom. The zero-order chi connectivity index (χ0) is 25.8. The van der Waals surface area contributed by atoms with Crippen LogP contribution in [0.15, 0.2) is 47.3 Å². The van der Waals surface area contributed by atoms with Gasteiger partial charge in [-0.1, -0.05) is 17.7 Å². The number of carbonyl (C=O) groups is 1. The van der Waals surface area contributed by atoms with Crippen LogP contribution in [-0.4, -0.2) is 23.4 Å². The molecule has 1 unspecified atom stereocenters. The van der Waals surface area contributed by atoms with Gasteiger partial charge in [0.25, 0.3) is 11.5 Å². The fraction of sp³-hybridized carbons (Fsp3) is 0.308.